The number of aromatic carboxylic acids is 1. The topological polar surface area (TPSA) is 66.0 Å². The molecule has 0 unspecified atom stereocenters. The highest BCUT2D eigenvalue weighted by atomic mass is 19.4. The van der Waals surface area contributed by atoms with Crippen LogP contribution in [0.15, 0.2) is 0 Å². The van der Waals surface area contributed by atoms with Gasteiger partial charge in [-0.2, -0.15) is 27.1 Å². The quantitative estimate of drug-likeness (QED) is 0.815. The number of carboxylic acids is 1. The minimum atomic E-state index is -5.08. The predicted molar refractivity (Wildman–Crippen MR) is 54.0 cm³/mol. The third kappa shape index (κ3) is 3.21. The summed E-state index contributed by atoms with van der Waals surface area (Å²) in [5.41, 5.74) is -4.67. The van der Waals surface area contributed by atoms with E-state index in [1.807, 2.05) is 0 Å². The SMILES string of the molecule is CCCCC(F)(F)c1n[nH]c(C(F)(F)F)c1C(=O)O. The summed E-state index contributed by atoms with van der Waals surface area (Å²) in [6.45, 7) is 1.62. The molecule has 2 N–H and O–H groups in total. The van der Waals surface area contributed by atoms with Gasteiger partial charge in [-0.05, 0) is 6.42 Å². The molecule has 0 amide bonds. The highest BCUT2D eigenvalue weighted by molar-refractivity contribution is 5.90. The normalized spacial score (nSPS) is 12.7. The number of hydrogen-bond donors (Lipinski definition) is 2. The maximum Gasteiger partial charge on any atom is 0.433 e. The molecule has 108 valence electrons. The van der Waals surface area contributed by atoms with Gasteiger partial charge < -0.3 is 5.11 Å². The van der Waals surface area contributed by atoms with Crippen molar-refractivity contribution < 1.29 is 31.9 Å². The number of unbranched alkanes of at least 4 members (excludes halogenated alkanes) is 1. The molecule has 0 atom stereocenters. The number of aromatic nitrogens is 2. The molecule has 1 heterocycles. The summed E-state index contributed by atoms with van der Waals surface area (Å²) < 4.78 is 64.8. The number of nitrogens with zero attached hydrogens (tertiary/aromatic N) is 1. The van der Waals surface area contributed by atoms with Crippen molar-refractivity contribution in [2.75, 3.05) is 0 Å². The fourth-order valence-corrected chi connectivity index (χ4v) is 1.54. The van der Waals surface area contributed by atoms with Gasteiger partial charge in [0.05, 0.1) is 0 Å². The first-order valence-electron chi connectivity index (χ1n) is 5.38. The van der Waals surface area contributed by atoms with Crippen LogP contribution in [-0.2, 0) is 12.1 Å². The molecule has 0 aliphatic carbocycles. The molecule has 0 spiro atoms. The second-order valence-electron chi connectivity index (χ2n) is 3.93. The van der Waals surface area contributed by atoms with Crippen LogP contribution in [0.2, 0.25) is 0 Å². The zero-order valence-corrected chi connectivity index (χ0v) is 9.81. The van der Waals surface area contributed by atoms with E-state index in [9.17, 15) is 26.7 Å². The zero-order chi connectivity index (χ0) is 14.8. The summed E-state index contributed by atoms with van der Waals surface area (Å²) >= 11 is 0. The highest BCUT2D eigenvalue weighted by Crippen LogP contribution is 2.39. The van der Waals surface area contributed by atoms with Crippen LogP contribution in [0.5, 0.6) is 0 Å². The molecule has 1 aromatic rings. The summed E-state index contributed by atoms with van der Waals surface area (Å²) in [6, 6.07) is 0. The lowest BCUT2D eigenvalue weighted by atomic mass is 10.0. The van der Waals surface area contributed by atoms with E-state index in [0.717, 1.165) is 0 Å². The molecule has 1 aromatic heterocycles. The number of rotatable bonds is 5. The number of nitrogens with one attached hydrogen (secondary N) is 1. The van der Waals surface area contributed by atoms with Gasteiger partial charge in [-0.3, -0.25) is 5.10 Å². The molecular weight excluding hydrogens is 275 g/mol. The molecule has 0 radical (unpaired) electrons. The van der Waals surface area contributed by atoms with Crippen molar-refractivity contribution in [3.63, 3.8) is 0 Å². The lowest BCUT2D eigenvalue weighted by Gasteiger charge is -2.14. The van der Waals surface area contributed by atoms with Gasteiger partial charge in [0.1, 0.15) is 11.3 Å². The smallest absolute Gasteiger partial charge is 0.433 e. The van der Waals surface area contributed by atoms with E-state index >= 15 is 0 Å². The van der Waals surface area contributed by atoms with Crippen molar-refractivity contribution in [3.05, 3.63) is 17.0 Å². The first kappa shape index (κ1) is 15.4. The van der Waals surface area contributed by atoms with E-state index < -0.39 is 41.4 Å². The average molecular weight is 286 g/mol. The Hall–Kier alpha value is -1.67. The summed E-state index contributed by atoms with van der Waals surface area (Å²) in [5, 5.41) is 12.9. The standard InChI is InChI=1S/C10H11F5N2O2/c1-2-3-4-9(11,12)6-5(8(18)19)7(17-16-6)10(13,14)15/h2-4H2,1H3,(H,16,17)(H,18,19). The summed E-state index contributed by atoms with van der Waals surface area (Å²) in [7, 11) is 0. The maximum absolute atomic E-state index is 13.7. The fraction of sp³-hybridized carbons (Fsp3) is 0.600. The third-order valence-corrected chi connectivity index (χ3v) is 2.45. The van der Waals surface area contributed by atoms with E-state index in [-0.39, 0.29) is 6.42 Å². The van der Waals surface area contributed by atoms with Gasteiger partial charge in [-0.25, -0.2) is 4.79 Å². The Kier molecular flexibility index (Phi) is 4.16. The number of alkyl halides is 5. The van der Waals surface area contributed by atoms with Crippen molar-refractivity contribution in [2.45, 2.75) is 38.3 Å². The molecule has 1 rings (SSSR count). The van der Waals surface area contributed by atoms with Gasteiger partial charge in [0, 0.05) is 6.42 Å². The van der Waals surface area contributed by atoms with Crippen molar-refractivity contribution in [1.29, 1.82) is 0 Å². The number of carbonyl (C=O) groups is 1. The zero-order valence-electron chi connectivity index (χ0n) is 9.81. The lowest BCUT2D eigenvalue weighted by Crippen LogP contribution is -2.20. The number of carboxylic acid groups (broad SMARTS) is 1. The summed E-state index contributed by atoms with van der Waals surface area (Å²) in [4.78, 5) is 10.8. The summed E-state index contributed by atoms with van der Waals surface area (Å²) in [5.74, 6) is -5.81. The highest BCUT2D eigenvalue weighted by Gasteiger charge is 2.46. The third-order valence-electron chi connectivity index (χ3n) is 2.45. The van der Waals surface area contributed by atoms with Crippen LogP contribution in [-0.4, -0.2) is 21.3 Å². The van der Waals surface area contributed by atoms with Crippen LogP contribution in [0.25, 0.3) is 0 Å². The number of H-pyrrole nitrogens is 1. The molecule has 9 heteroatoms. The van der Waals surface area contributed by atoms with E-state index in [4.69, 9.17) is 5.11 Å². The Bertz CT molecular complexity index is 467. The molecule has 0 saturated heterocycles. The maximum atomic E-state index is 13.7. The predicted octanol–water partition coefficient (Wildman–Crippen LogP) is 3.41. The monoisotopic (exact) mass is 286 g/mol. The Labute approximate surface area is 104 Å². The molecule has 0 saturated carbocycles. The van der Waals surface area contributed by atoms with Gasteiger partial charge in [0.25, 0.3) is 5.92 Å². The first-order chi connectivity index (χ1) is 8.61. The van der Waals surface area contributed by atoms with Gasteiger partial charge in [0.15, 0.2) is 5.69 Å². The molecule has 0 aliphatic rings. The molecule has 0 bridgehead atoms. The molecule has 0 aliphatic heterocycles. The van der Waals surface area contributed by atoms with Crippen LogP contribution >= 0.6 is 0 Å². The van der Waals surface area contributed by atoms with Crippen molar-refractivity contribution in [1.82, 2.24) is 10.2 Å². The fourth-order valence-electron chi connectivity index (χ4n) is 1.54. The Balaban J connectivity index is 3.30. The minimum absolute atomic E-state index is 0.0419. The van der Waals surface area contributed by atoms with E-state index in [0.29, 0.717) is 6.42 Å². The largest absolute Gasteiger partial charge is 0.478 e. The van der Waals surface area contributed by atoms with Crippen molar-refractivity contribution >= 4 is 5.97 Å². The Morgan fingerprint density at radius 2 is 1.89 bits per heavy atom. The minimum Gasteiger partial charge on any atom is -0.478 e. The molecular formula is C10H11F5N2O2. The molecule has 0 fully saturated rings. The van der Waals surface area contributed by atoms with Crippen LogP contribution in [0.3, 0.4) is 0 Å². The van der Waals surface area contributed by atoms with Crippen LogP contribution in [0.4, 0.5) is 22.0 Å². The summed E-state index contributed by atoms with van der Waals surface area (Å²) in [6.07, 6.45) is -5.40. The van der Waals surface area contributed by atoms with E-state index in [1.54, 1.807) is 6.92 Å². The second-order valence-corrected chi connectivity index (χ2v) is 3.93. The van der Waals surface area contributed by atoms with Gasteiger partial charge in [-0.1, -0.05) is 13.3 Å². The van der Waals surface area contributed by atoms with E-state index in [2.05, 4.69) is 5.10 Å². The number of hydrogen-bond acceptors (Lipinski definition) is 2. The van der Waals surface area contributed by atoms with Gasteiger partial charge >= 0.3 is 12.1 Å². The average Bonchev–Trinajstić information content (AvgIpc) is 2.71. The second kappa shape index (κ2) is 5.14. The lowest BCUT2D eigenvalue weighted by molar-refractivity contribution is -0.141. The van der Waals surface area contributed by atoms with Crippen molar-refractivity contribution in [3.8, 4) is 0 Å². The van der Waals surface area contributed by atoms with Crippen LogP contribution in [0.1, 0.15) is 47.9 Å². The first-order valence-corrected chi connectivity index (χ1v) is 5.38. The van der Waals surface area contributed by atoms with Crippen LogP contribution in [0, 0.1) is 0 Å². The molecule has 19 heavy (non-hydrogen) atoms. The number of aromatic amines is 1. The van der Waals surface area contributed by atoms with Gasteiger partial charge in [-0.15, -0.1) is 0 Å². The van der Waals surface area contributed by atoms with Gasteiger partial charge in [0.2, 0.25) is 0 Å². The van der Waals surface area contributed by atoms with E-state index in [1.165, 1.54) is 5.10 Å². The Morgan fingerprint density at radius 1 is 1.32 bits per heavy atom. The Morgan fingerprint density at radius 3 is 2.32 bits per heavy atom. The van der Waals surface area contributed by atoms with Crippen LogP contribution < -0.4 is 0 Å². The van der Waals surface area contributed by atoms with Crippen molar-refractivity contribution in [2.24, 2.45) is 0 Å². The molecule has 4 nitrogen and oxygen atoms in total. The number of halogens is 5. The molecule has 0 aromatic carbocycles.